The van der Waals surface area contributed by atoms with Gasteiger partial charge < -0.3 is 30.2 Å². The SMILES string of the molecule is COc1ccc(CCNC(N)=NCCC(O)(c2nccn2C)C(F)(F)F)cc1OC.I. The van der Waals surface area contributed by atoms with Crippen molar-refractivity contribution in [3.63, 3.8) is 0 Å². The summed E-state index contributed by atoms with van der Waals surface area (Å²) in [4.78, 5) is 7.54. The number of aliphatic imine (C=N–C) groups is 1. The van der Waals surface area contributed by atoms with Crippen LogP contribution in [0.25, 0.3) is 0 Å². The fourth-order valence-corrected chi connectivity index (χ4v) is 2.91. The van der Waals surface area contributed by atoms with Crippen LogP contribution in [0, 0.1) is 0 Å². The Balaban J connectivity index is 0.00000480. The first-order valence-corrected chi connectivity index (χ1v) is 9.14. The lowest BCUT2D eigenvalue weighted by Crippen LogP contribution is -2.45. The molecule has 0 fully saturated rings. The second-order valence-electron chi connectivity index (χ2n) is 6.60. The minimum absolute atomic E-state index is 0. The maximum Gasteiger partial charge on any atom is 0.424 e. The van der Waals surface area contributed by atoms with E-state index < -0.39 is 24.0 Å². The topological polar surface area (TPSA) is 107 Å². The van der Waals surface area contributed by atoms with Gasteiger partial charge in [-0.05, 0) is 24.1 Å². The number of aromatic nitrogens is 2. The lowest BCUT2D eigenvalue weighted by molar-refractivity contribution is -0.272. The number of alkyl halides is 3. The smallest absolute Gasteiger partial charge is 0.424 e. The van der Waals surface area contributed by atoms with Crippen LogP contribution in [0.3, 0.4) is 0 Å². The molecule has 8 nitrogen and oxygen atoms in total. The van der Waals surface area contributed by atoms with Crippen LogP contribution in [0.2, 0.25) is 0 Å². The first-order chi connectivity index (χ1) is 14.1. The normalized spacial score (nSPS) is 13.8. The number of aryl methyl sites for hydroxylation is 1. The van der Waals surface area contributed by atoms with Crippen molar-refractivity contribution in [2.75, 3.05) is 27.3 Å². The molecule has 0 saturated heterocycles. The molecule has 2 aromatic rings. The Kier molecular flexibility index (Phi) is 9.87. The molecule has 0 amide bonds. The molecule has 1 aromatic carbocycles. The van der Waals surface area contributed by atoms with Crippen LogP contribution in [-0.2, 0) is 19.1 Å². The van der Waals surface area contributed by atoms with Gasteiger partial charge >= 0.3 is 6.18 Å². The van der Waals surface area contributed by atoms with Crippen LogP contribution in [0.4, 0.5) is 13.2 Å². The Bertz CT molecular complexity index is 876. The lowest BCUT2D eigenvalue weighted by atomic mass is 9.98. The van der Waals surface area contributed by atoms with E-state index in [2.05, 4.69) is 15.3 Å². The number of rotatable bonds is 9. The van der Waals surface area contributed by atoms with Gasteiger partial charge in [0.25, 0.3) is 0 Å². The molecule has 12 heteroatoms. The van der Waals surface area contributed by atoms with Gasteiger partial charge in [0.2, 0.25) is 5.60 Å². The van der Waals surface area contributed by atoms with E-state index in [4.69, 9.17) is 15.2 Å². The number of benzene rings is 1. The standard InChI is InChI=1S/C19H26F3N5O3.HI/c1-27-11-10-24-16(27)18(28,19(20,21)22)7-9-26-17(23)25-8-6-13-4-5-14(29-2)15(12-13)30-3;/h4-5,10-12,28H,6-9H2,1-3H3,(H3,23,25,26);1H. The maximum absolute atomic E-state index is 13.5. The minimum atomic E-state index is -4.91. The first-order valence-electron chi connectivity index (χ1n) is 9.14. The largest absolute Gasteiger partial charge is 0.493 e. The van der Waals surface area contributed by atoms with Crippen LogP contribution in [0.5, 0.6) is 11.5 Å². The maximum atomic E-state index is 13.5. The van der Waals surface area contributed by atoms with Gasteiger partial charge in [0.05, 0.1) is 14.2 Å². The van der Waals surface area contributed by atoms with Crippen molar-refractivity contribution in [1.29, 1.82) is 0 Å². The zero-order valence-electron chi connectivity index (χ0n) is 17.4. The molecule has 0 aliphatic rings. The average molecular weight is 557 g/mol. The zero-order chi connectivity index (χ0) is 22.4. The number of hydrogen-bond donors (Lipinski definition) is 3. The third kappa shape index (κ3) is 6.63. The summed E-state index contributed by atoms with van der Waals surface area (Å²) in [5, 5.41) is 13.1. The summed E-state index contributed by atoms with van der Waals surface area (Å²) in [6, 6.07) is 5.47. The summed E-state index contributed by atoms with van der Waals surface area (Å²) >= 11 is 0. The monoisotopic (exact) mass is 557 g/mol. The summed E-state index contributed by atoms with van der Waals surface area (Å²) in [5.41, 5.74) is 3.57. The second kappa shape index (κ2) is 11.4. The summed E-state index contributed by atoms with van der Waals surface area (Å²) < 4.78 is 51.9. The van der Waals surface area contributed by atoms with Crippen molar-refractivity contribution < 1.29 is 27.8 Å². The Morgan fingerprint density at radius 2 is 1.94 bits per heavy atom. The fraction of sp³-hybridized carbons (Fsp3) is 0.474. The van der Waals surface area contributed by atoms with Crippen LogP contribution in [0.1, 0.15) is 17.8 Å². The van der Waals surface area contributed by atoms with E-state index in [9.17, 15) is 18.3 Å². The molecular formula is C19H27F3IN5O3. The predicted molar refractivity (Wildman–Crippen MR) is 121 cm³/mol. The van der Waals surface area contributed by atoms with Crippen LogP contribution in [0.15, 0.2) is 35.6 Å². The van der Waals surface area contributed by atoms with Gasteiger partial charge in [0.15, 0.2) is 17.5 Å². The molecule has 1 atom stereocenters. The number of aliphatic hydroxyl groups is 1. The molecule has 31 heavy (non-hydrogen) atoms. The van der Waals surface area contributed by atoms with E-state index in [0.717, 1.165) is 10.1 Å². The van der Waals surface area contributed by atoms with Gasteiger partial charge in [0, 0.05) is 39.0 Å². The van der Waals surface area contributed by atoms with Crippen LogP contribution in [-0.4, -0.2) is 54.1 Å². The van der Waals surface area contributed by atoms with Gasteiger partial charge in [-0.1, -0.05) is 6.07 Å². The van der Waals surface area contributed by atoms with Gasteiger partial charge in [-0.3, -0.25) is 4.99 Å². The fourth-order valence-electron chi connectivity index (χ4n) is 2.91. The Morgan fingerprint density at radius 1 is 1.26 bits per heavy atom. The summed E-state index contributed by atoms with van der Waals surface area (Å²) in [5.74, 6) is 0.697. The van der Waals surface area contributed by atoms with E-state index in [1.807, 2.05) is 12.1 Å². The molecular weight excluding hydrogens is 530 g/mol. The summed E-state index contributed by atoms with van der Waals surface area (Å²) in [7, 11) is 4.47. The molecule has 0 aliphatic carbocycles. The van der Waals surface area contributed by atoms with Crippen LogP contribution >= 0.6 is 24.0 Å². The van der Waals surface area contributed by atoms with Crippen molar-refractivity contribution in [3.8, 4) is 11.5 Å². The van der Waals surface area contributed by atoms with Gasteiger partial charge in [0.1, 0.15) is 5.82 Å². The molecule has 0 radical (unpaired) electrons. The third-order valence-corrected chi connectivity index (χ3v) is 4.58. The number of hydrogen-bond acceptors (Lipinski definition) is 5. The highest BCUT2D eigenvalue weighted by Crippen LogP contribution is 2.40. The zero-order valence-corrected chi connectivity index (χ0v) is 19.8. The van der Waals surface area contributed by atoms with E-state index in [1.54, 1.807) is 13.2 Å². The van der Waals surface area contributed by atoms with E-state index in [0.29, 0.717) is 24.5 Å². The van der Waals surface area contributed by atoms with E-state index in [-0.39, 0.29) is 36.5 Å². The van der Waals surface area contributed by atoms with Crippen molar-refractivity contribution >= 4 is 29.9 Å². The number of imidazole rings is 1. The Labute approximate surface area is 195 Å². The minimum Gasteiger partial charge on any atom is -0.493 e. The molecule has 2 rings (SSSR count). The molecule has 0 saturated carbocycles. The number of halogens is 4. The number of guanidine groups is 1. The highest BCUT2D eigenvalue weighted by molar-refractivity contribution is 14.0. The summed E-state index contributed by atoms with van der Waals surface area (Å²) in [6.07, 6.45) is -2.51. The van der Waals surface area contributed by atoms with E-state index in [1.165, 1.54) is 26.6 Å². The number of nitrogens with zero attached hydrogens (tertiary/aromatic N) is 3. The molecule has 174 valence electrons. The van der Waals surface area contributed by atoms with Crippen molar-refractivity contribution in [2.24, 2.45) is 17.8 Å². The molecule has 1 aromatic heterocycles. The quantitative estimate of drug-likeness (QED) is 0.249. The highest BCUT2D eigenvalue weighted by atomic mass is 127. The third-order valence-electron chi connectivity index (χ3n) is 4.58. The Hall–Kier alpha value is -2.22. The molecule has 4 N–H and O–H groups in total. The van der Waals surface area contributed by atoms with Crippen LogP contribution < -0.4 is 20.5 Å². The van der Waals surface area contributed by atoms with Gasteiger partial charge in [-0.15, -0.1) is 24.0 Å². The molecule has 1 unspecified atom stereocenters. The first kappa shape index (κ1) is 26.8. The average Bonchev–Trinajstić information content (AvgIpc) is 3.13. The van der Waals surface area contributed by atoms with E-state index >= 15 is 0 Å². The molecule has 0 aliphatic heterocycles. The van der Waals surface area contributed by atoms with Gasteiger partial charge in [-0.2, -0.15) is 13.2 Å². The summed E-state index contributed by atoms with van der Waals surface area (Å²) in [6.45, 7) is 0.0752. The number of methoxy groups -OCH3 is 2. The highest BCUT2D eigenvalue weighted by Gasteiger charge is 2.57. The number of nitrogens with two attached hydrogens (primary N) is 1. The molecule has 1 heterocycles. The van der Waals surface area contributed by atoms with Crippen molar-refractivity contribution in [1.82, 2.24) is 14.9 Å². The molecule has 0 spiro atoms. The predicted octanol–water partition coefficient (Wildman–Crippen LogP) is 2.34. The van der Waals surface area contributed by atoms with Crippen molar-refractivity contribution in [2.45, 2.75) is 24.6 Å². The number of ether oxygens (including phenoxy) is 2. The van der Waals surface area contributed by atoms with Gasteiger partial charge in [-0.25, -0.2) is 4.98 Å². The lowest BCUT2D eigenvalue weighted by Gasteiger charge is -2.29. The second-order valence-corrected chi connectivity index (χ2v) is 6.60. The number of nitrogens with one attached hydrogen (secondary N) is 1. The molecule has 0 bridgehead atoms. The Morgan fingerprint density at radius 3 is 2.48 bits per heavy atom. The van der Waals surface area contributed by atoms with Crippen molar-refractivity contribution in [3.05, 3.63) is 42.0 Å².